The molecule has 2 N–H and O–H groups in total. The number of amides is 2. The fraction of sp³-hybridized carbons (Fsp3) is 0.833. The maximum Gasteiger partial charge on any atom is 0.318 e. The fourth-order valence-electron chi connectivity index (χ4n) is 2.57. The Morgan fingerprint density at radius 1 is 1.50 bits per heavy atom. The number of carbonyl (C=O) groups is 2. The molecule has 1 atom stereocenters. The summed E-state index contributed by atoms with van der Waals surface area (Å²) >= 11 is 1.86. The van der Waals surface area contributed by atoms with Crippen LogP contribution in [0.5, 0.6) is 0 Å². The first-order valence-electron chi connectivity index (χ1n) is 6.41. The molecule has 5 nitrogen and oxygen atoms in total. The van der Waals surface area contributed by atoms with Crippen molar-refractivity contribution in [2.45, 2.75) is 44.2 Å². The summed E-state index contributed by atoms with van der Waals surface area (Å²) in [5.74, 6) is 1.08. The van der Waals surface area contributed by atoms with Gasteiger partial charge in [-0.3, -0.25) is 4.79 Å². The van der Waals surface area contributed by atoms with Crippen LogP contribution in [0.1, 0.15) is 32.6 Å². The lowest BCUT2D eigenvalue weighted by molar-refractivity contribution is -0.139. The Morgan fingerprint density at radius 3 is 2.72 bits per heavy atom. The van der Waals surface area contributed by atoms with E-state index < -0.39 is 11.5 Å². The minimum Gasteiger partial charge on any atom is -0.481 e. The third kappa shape index (κ3) is 2.91. The predicted molar refractivity (Wildman–Crippen MR) is 70.9 cm³/mol. The molecule has 2 aliphatic rings. The van der Waals surface area contributed by atoms with Gasteiger partial charge in [-0.05, 0) is 26.2 Å². The van der Waals surface area contributed by atoms with E-state index in [1.165, 1.54) is 0 Å². The van der Waals surface area contributed by atoms with Gasteiger partial charge in [-0.25, -0.2) is 4.79 Å². The quantitative estimate of drug-likeness (QED) is 0.817. The molecular weight excluding hydrogens is 252 g/mol. The molecule has 2 rings (SSSR count). The largest absolute Gasteiger partial charge is 0.481 e. The van der Waals surface area contributed by atoms with Crippen molar-refractivity contribution in [2.75, 3.05) is 18.1 Å². The lowest BCUT2D eigenvalue weighted by atomic mass is 9.74. The maximum atomic E-state index is 12.2. The Bertz CT molecular complexity index is 344. The van der Waals surface area contributed by atoms with E-state index in [0.717, 1.165) is 37.3 Å². The van der Waals surface area contributed by atoms with Crippen LogP contribution in [-0.2, 0) is 4.79 Å². The third-order valence-corrected chi connectivity index (χ3v) is 4.99. The highest BCUT2D eigenvalue weighted by molar-refractivity contribution is 7.99. The summed E-state index contributed by atoms with van der Waals surface area (Å²) in [6.07, 6.45) is 2.60. The van der Waals surface area contributed by atoms with Gasteiger partial charge in [0.2, 0.25) is 0 Å². The van der Waals surface area contributed by atoms with Gasteiger partial charge in [0, 0.05) is 24.1 Å². The van der Waals surface area contributed by atoms with E-state index in [2.05, 4.69) is 5.32 Å². The van der Waals surface area contributed by atoms with Crippen LogP contribution in [0.25, 0.3) is 0 Å². The van der Waals surface area contributed by atoms with E-state index in [1.807, 2.05) is 23.6 Å². The van der Waals surface area contributed by atoms with Crippen LogP contribution in [0, 0.1) is 0 Å². The van der Waals surface area contributed by atoms with Gasteiger partial charge in [0.1, 0.15) is 0 Å². The molecule has 2 amide bonds. The van der Waals surface area contributed by atoms with Crippen molar-refractivity contribution in [1.29, 1.82) is 0 Å². The lowest BCUT2D eigenvalue weighted by Crippen LogP contribution is -2.60. The summed E-state index contributed by atoms with van der Waals surface area (Å²) in [4.78, 5) is 24.9. The number of carbonyl (C=O) groups excluding carboxylic acids is 1. The molecule has 18 heavy (non-hydrogen) atoms. The number of carboxylic acid groups (broad SMARTS) is 1. The third-order valence-electron chi connectivity index (χ3n) is 3.80. The molecule has 1 saturated carbocycles. The van der Waals surface area contributed by atoms with Crippen LogP contribution in [0.15, 0.2) is 0 Å². The summed E-state index contributed by atoms with van der Waals surface area (Å²) in [6, 6.07) is 0.134. The Labute approximate surface area is 111 Å². The normalized spacial score (nSPS) is 26.3. The van der Waals surface area contributed by atoms with Crippen molar-refractivity contribution in [2.24, 2.45) is 0 Å². The molecule has 0 spiro atoms. The zero-order valence-electron chi connectivity index (χ0n) is 10.6. The molecule has 2 fully saturated rings. The van der Waals surface area contributed by atoms with Crippen LogP contribution >= 0.6 is 11.8 Å². The molecule has 0 radical (unpaired) electrons. The molecule has 0 bridgehead atoms. The van der Waals surface area contributed by atoms with E-state index in [-0.39, 0.29) is 18.5 Å². The number of carboxylic acids is 1. The molecular formula is C12H20N2O3S. The number of hydrogen-bond donors (Lipinski definition) is 2. The van der Waals surface area contributed by atoms with Gasteiger partial charge in [-0.15, -0.1) is 0 Å². The first-order chi connectivity index (χ1) is 8.52. The number of hydrogen-bond acceptors (Lipinski definition) is 3. The summed E-state index contributed by atoms with van der Waals surface area (Å²) in [7, 11) is 0. The second-order valence-corrected chi connectivity index (χ2v) is 6.40. The first kappa shape index (κ1) is 13.5. The molecule has 6 heteroatoms. The number of aliphatic carboxylic acids is 1. The number of urea groups is 1. The Morgan fingerprint density at radius 2 is 2.22 bits per heavy atom. The van der Waals surface area contributed by atoms with E-state index in [1.54, 1.807) is 0 Å². The fourth-order valence-corrected chi connectivity index (χ4v) is 3.58. The minimum absolute atomic E-state index is 0.0374. The van der Waals surface area contributed by atoms with Crippen LogP contribution in [0.4, 0.5) is 4.79 Å². The lowest BCUT2D eigenvalue weighted by Gasteiger charge is -2.44. The molecule has 0 aromatic carbocycles. The van der Waals surface area contributed by atoms with Crippen LogP contribution in [0.3, 0.4) is 0 Å². The number of nitrogens with zero attached hydrogens (tertiary/aromatic N) is 1. The van der Waals surface area contributed by atoms with E-state index >= 15 is 0 Å². The van der Waals surface area contributed by atoms with Gasteiger partial charge in [-0.1, -0.05) is 0 Å². The van der Waals surface area contributed by atoms with Crippen LogP contribution < -0.4 is 5.32 Å². The predicted octanol–water partition coefficient (Wildman–Crippen LogP) is 1.53. The number of nitrogens with one attached hydrogen (secondary N) is 1. The van der Waals surface area contributed by atoms with E-state index in [4.69, 9.17) is 5.11 Å². The number of rotatable bonds is 3. The van der Waals surface area contributed by atoms with Gasteiger partial charge < -0.3 is 15.3 Å². The van der Waals surface area contributed by atoms with Crippen molar-refractivity contribution >= 4 is 23.8 Å². The maximum absolute atomic E-state index is 12.2. The highest BCUT2D eigenvalue weighted by Crippen LogP contribution is 2.35. The van der Waals surface area contributed by atoms with Crippen molar-refractivity contribution in [3.05, 3.63) is 0 Å². The zero-order chi connectivity index (χ0) is 13.2. The van der Waals surface area contributed by atoms with Gasteiger partial charge in [0.15, 0.2) is 0 Å². The molecule has 1 saturated heterocycles. The molecule has 0 aromatic heterocycles. The van der Waals surface area contributed by atoms with Crippen LogP contribution in [0.2, 0.25) is 0 Å². The van der Waals surface area contributed by atoms with Gasteiger partial charge >= 0.3 is 12.0 Å². The summed E-state index contributed by atoms with van der Waals surface area (Å²) < 4.78 is 0. The first-order valence-corrected chi connectivity index (χ1v) is 7.56. The monoisotopic (exact) mass is 272 g/mol. The molecule has 1 aliphatic heterocycles. The molecule has 0 aromatic rings. The topological polar surface area (TPSA) is 69.6 Å². The summed E-state index contributed by atoms with van der Waals surface area (Å²) in [6.45, 7) is 2.79. The Kier molecular flexibility index (Phi) is 4.04. The van der Waals surface area contributed by atoms with Crippen molar-refractivity contribution in [3.8, 4) is 0 Å². The van der Waals surface area contributed by atoms with E-state index in [9.17, 15) is 9.59 Å². The van der Waals surface area contributed by atoms with E-state index in [0.29, 0.717) is 0 Å². The van der Waals surface area contributed by atoms with Crippen molar-refractivity contribution in [1.82, 2.24) is 10.2 Å². The Hall–Kier alpha value is -0.910. The van der Waals surface area contributed by atoms with Crippen molar-refractivity contribution in [3.63, 3.8) is 0 Å². The zero-order valence-corrected chi connectivity index (χ0v) is 11.5. The second kappa shape index (κ2) is 5.38. The minimum atomic E-state index is -0.836. The number of thioether (sulfide) groups is 1. The standard InChI is InChI=1S/C12H20N2O3S/c1-9-8-18-6-5-14(9)11(17)13-12(3-2-4-12)7-10(15)16/h9H,2-8H2,1H3,(H,13,17)(H,15,16). The van der Waals surface area contributed by atoms with Gasteiger partial charge in [-0.2, -0.15) is 11.8 Å². The molecule has 102 valence electrons. The highest BCUT2D eigenvalue weighted by Gasteiger charge is 2.41. The van der Waals surface area contributed by atoms with Gasteiger partial charge in [0.25, 0.3) is 0 Å². The molecule has 1 heterocycles. The van der Waals surface area contributed by atoms with Crippen LogP contribution in [-0.4, -0.2) is 51.6 Å². The smallest absolute Gasteiger partial charge is 0.318 e. The average Bonchev–Trinajstić information content (AvgIpc) is 2.25. The Balaban J connectivity index is 1.94. The average molecular weight is 272 g/mol. The highest BCUT2D eigenvalue weighted by atomic mass is 32.2. The van der Waals surface area contributed by atoms with Gasteiger partial charge in [0.05, 0.1) is 12.0 Å². The second-order valence-electron chi connectivity index (χ2n) is 5.25. The SMILES string of the molecule is CC1CSCCN1C(=O)NC1(CC(=O)O)CCC1. The summed E-state index contributed by atoms with van der Waals surface area (Å²) in [5, 5.41) is 11.9. The molecule has 1 unspecified atom stereocenters. The molecule has 1 aliphatic carbocycles. The van der Waals surface area contributed by atoms with Crippen molar-refractivity contribution < 1.29 is 14.7 Å². The summed E-state index contributed by atoms with van der Waals surface area (Å²) in [5.41, 5.74) is -0.493.